The molecule has 0 aliphatic carbocycles. The fourth-order valence-corrected chi connectivity index (χ4v) is 3.23. The molecule has 1 aliphatic rings. The Kier molecular flexibility index (Phi) is 4.65. The van der Waals surface area contributed by atoms with Crippen molar-refractivity contribution in [2.45, 2.75) is 31.7 Å². The molecule has 0 saturated carbocycles. The lowest BCUT2D eigenvalue weighted by molar-refractivity contribution is -0.130. The van der Waals surface area contributed by atoms with Crippen LogP contribution in [0.4, 0.5) is 4.79 Å². The number of nitrogens with one attached hydrogen (secondary N) is 1. The molecular weight excluding hydrogens is 300 g/mol. The van der Waals surface area contributed by atoms with Gasteiger partial charge in [0.05, 0.1) is 0 Å². The van der Waals surface area contributed by atoms with Gasteiger partial charge in [0.2, 0.25) is 0 Å². The lowest BCUT2D eigenvalue weighted by atomic mass is 9.82. The van der Waals surface area contributed by atoms with E-state index in [4.69, 9.17) is 0 Å². The van der Waals surface area contributed by atoms with Crippen molar-refractivity contribution in [1.82, 2.24) is 10.2 Å². The van der Waals surface area contributed by atoms with Crippen LogP contribution < -0.4 is 5.32 Å². The highest BCUT2D eigenvalue weighted by Gasteiger charge is 2.53. The van der Waals surface area contributed by atoms with E-state index in [9.17, 15) is 9.59 Å². The van der Waals surface area contributed by atoms with E-state index in [1.165, 1.54) is 4.90 Å². The fraction of sp³-hybridized carbons (Fsp3) is 0.300. The summed E-state index contributed by atoms with van der Waals surface area (Å²) in [5, 5.41) is 2.96. The molecule has 1 saturated heterocycles. The Morgan fingerprint density at radius 2 is 1.42 bits per heavy atom. The van der Waals surface area contributed by atoms with Crippen molar-refractivity contribution in [3.05, 3.63) is 71.8 Å². The van der Waals surface area contributed by atoms with Crippen LogP contribution in [0, 0.1) is 0 Å². The topological polar surface area (TPSA) is 49.4 Å². The molecule has 1 N–H and O–H groups in total. The Morgan fingerprint density at radius 3 is 1.92 bits per heavy atom. The van der Waals surface area contributed by atoms with E-state index >= 15 is 0 Å². The predicted octanol–water partition coefficient (Wildman–Crippen LogP) is 3.67. The summed E-state index contributed by atoms with van der Waals surface area (Å²) in [6.45, 7) is 2.56. The number of urea groups is 1. The zero-order valence-electron chi connectivity index (χ0n) is 13.9. The average Bonchev–Trinajstić information content (AvgIpc) is 2.89. The molecule has 4 heteroatoms. The highest BCUT2D eigenvalue weighted by Crippen LogP contribution is 2.36. The summed E-state index contributed by atoms with van der Waals surface area (Å²) in [6.07, 6.45) is 2.88. The van der Waals surface area contributed by atoms with Crippen LogP contribution in [0.1, 0.15) is 37.3 Å². The zero-order valence-corrected chi connectivity index (χ0v) is 13.9. The molecule has 124 valence electrons. The number of benzene rings is 2. The van der Waals surface area contributed by atoms with E-state index in [1.807, 2.05) is 60.7 Å². The second-order valence-electron chi connectivity index (χ2n) is 6.08. The quantitative estimate of drug-likeness (QED) is 0.651. The third-order valence-electron chi connectivity index (χ3n) is 4.50. The Balaban J connectivity index is 2.04. The first-order chi connectivity index (χ1) is 11.7. The van der Waals surface area contributed by atoms with Crippen LogP contribution in [0.25, 0.3) is 0 Å². The maximum atomic E-state index is 13.3. The minimum Gasteiger partial charge on any atom is -0.315 e. The SMILES string of the molecule is CCCCCN1C(=O)NC(c2ccccc2)(c2ccccc2)C1=O. The molecule has 0 spiro atoms. The molecule has 0 atom stereocenters. The van der Waals surface area contributed by atoms with Crippen molar-refractivity contribution in [3.63, 3.8) is 0 Å². The van der Waals surface area contributed by atoms with E-state index in [0.717, 1.165) is 30.4 Å². The van der Waals surface area contributed by atoms with E-state index < -0.39 is 5.54 Å². The number of hydrogen-bond acceptors (Lipinski definition) is 2. The standard InChI is InChI=1S/C20H22N2O2/c1-2-3-10-15-22-18(23)20(21-19(22)24,16-11-6-4-7-12-16)17-13-8-5-9-14-17/h4-9,11-14H,2-3,10,15H2,1H3,(H,21,24). The number of amides is 3. The first-order valence-corrected chi connectivity index (χ1v) is 8.45. The average molecular weight is 322 g/mol. The third kappa shape index (κ3) is 2.68. The Labute approximate surface area is 142 Å². The molecule has 4 nitrogen and oxygen atoms in total. The summed E-state index contributed by atoms with van der Waals surface area (Å²) in [4.78, 5) is 27.2. The molecule has 0 unspecified atom stereocenters. The number of nitrogens with zero attached hydrogens (tertiary/aromatic N) is 1. The zero-order chi connectivity index (χ0) is 17.0. The Bertz CT molecular complexity index is 673. The molecule has 0 aromatic heterocycles. The summed E-state index contributed by atoms with van der Waals surface area (Å²) in [5.74, 6) is -0.194. The van der Waals surface area contributed by atoms with Gasteiger partial charge in [-0.25, -0.2) is 4.79 Å². The van der Waals surface area contributed by atoms with E-state index in [0.29, 0.717) is 6.54 Å². The molecule has 3 amide bonds. The molecule has 0 radical (unpaired) electrons. The van der Waals surface area contributed by atoms with Crippen LogP contribution in [-0.4, -0.2) is 23.4 Å². The van der Waals surface area contributed by atoms with Gasteiger partial charge in [0.1, 0.15) is 0 Å². The van der Waals surface area contributed by atoms with Crippen LogP contribution in [0.5, 0.6) is 0 Å². The van der Waals surface area contributed by atoms with Gasteiger partial charge in [-0.15, -0.1) is 0 Å². The first-order valence-electron chi connectivity index (χ1n) is 8.45. The Hall–Kier alpha value is -2.62. The monoisotopic (exact) mass is 322 g/mol. The van der Waals surface area contributed by atoms with Crippen molar-refractivity contribution >= 4 is 11.9 Å². The molecular formula is C20H22N2O2. The van der Waals surface area contributed by atoms with Crippen LogP contribution in [0.15, 0.2) is 60.7 Å². The lowest BCUT2D eigenvalue weighted by Gasteiger charge is -2.28. The number of rotatable bonds is 6. The molecule has 1 aliphatic heterocycles. The number of carbonyl (C=O) groups excluding carboxylic acids is 2. The number of imide groups is 1. The van der Waals surface area contributed by atoms with E-state index in [-0.39, 0.29) is 11.9 Å². The summed E-state index contributed by atoms with van der Waals surface area (Å²) < 4.78 is 0. The lowest BCUT2D eigenvalue weighted by Crippen LogP contribution is -2.45. The van der Waals surface area contributed by atoms with Gasteiger partial charge in [-0.1, -0.05) is 80.4 Å². The van der Waals surface area contributed by atoms with Gasteiger partial charge in [0, 0.05) is 6.54 Å². The van der Waals surface area contributed by atoms with Gasteiger partial charge in [-0.05, 0) is 17.5 Å². The highest BCUT2D eigenvalue weighted by atomic mass is 16.2. The van der Waals surface area contributed by atoms with Gasteiger partial charge in [-0.2, -0.15) is 0 Å². The molecule has 0 bridgehead atoms. The van der Waals surface area contributed by atoms with E-state index in [2.05, 4.69) is 12.2 Å². The largest absolute Gasteiger partial charge is 0.325 e. The number of carbonyl (C=O) groups is 2. The molecule has 24 heavy (non-hydrogen) atoms. The van der Waals surface area contributed by atoms with Crippen molar-refractivity contribution in [1.29, 1.82) is 0 Å². The van der Waals surface area contributed by atoms with Crippen molar-refractivity contribution in [3.8, 4) is 0 Å². The second kappa shape index (κ2) is 6.87. The predicted molar refractivity (Wildman–Crippen MR) is 93.4 cm³/mol. The molecule has 2 aromatic carbocycles. The van der Waals surface area contributed by atoms with Gasteiger partial charge in [0.15, 0.2) is 5.54 Å². The van der Waals surface area contributed by atoms with Gasteiger partial charge in [-0.3, -0.25) is 9.69 Å². The number of unbranched alkanes of at least 4 members (excludes halogenated alkanes) is 2. The second-order valence-corrected chi connectivity index (χ2v) is 6.08. The summed E-state index contributed by atoms with van der Waals surface area (Å²) in [5.41, 5.74) is 0.436. The van der Waals surface area contributed by atoms with Crippen molar-refractivity contribution < 1.29 is 9.59 Å². The van der Waals surface area contributed by atoms with Gasteiger partial charge < -0.3 is 5.32 Å². The van der Waals surface area contributed by atoms with Crippen molar-refractivity contribution in [2.75, 3.05) is 6.54 Å². The Morgan fingerprint density at radius 1 is 0.875 bits per heavy atom. The number of hydrogen-bond donors (Lipinski definition) is 1. The third-order valence-corrected chi connectivity index (χ3v) is 4.50. The molecule has 2 aromatic rings. The molecule has 1 fully saturated rings. The van der Waals surface area contributed by atoms with Crippen LogP contribution in [0.2, 0.25) is 0 Å². The van der Waals surface area contributed by atoms with Crippen LogP contribution in [-0.2, 0) is 10.3 Å². The highest BCUT2D eigenvalue weighted by molar-refractivity contribution is 6.09. The molecule has 3 rings (SSSR count). The fourth-order valence-electron chi connectivity index (χ4n) is 3.23. The minimum atomic E-state index is -1.13. The normalized spacial score (nSPS) is 16.3. The van der Waals surface area contributed by atoms with Gasteiger partial charge >= 0.3 is 6.03 Å². The minimum absolute atomic E-state index is 0.194. The summed E-state index contributed by atoms with van der Waals surface area (Å²) in [7, 11) is 0. The first kappa shape index (κ1) is 16.2. The van der Waals surface area contributed by atoms with Crippen molar-refractivity contribution in [2.24, 2.45) is 0 Å². The summed E-state index contributed by atoms with van der Waals surface area (Å²) >= 11 is 0. The molecule has 1 heterocycles. The van der Waals surface area contributed by atoms with Crippen LogP contribution in [0.3, 0.4) is 0 Å². The van der Waals surface area contributed by atoms with Gasteiger partial charge in [0.25, 0.3) is 5.91 Å². The maximum absolute atomic E-state index is 13.3. The summed E-state index contributed by atoms with van der Waals surface area (Å²) in [6, 6.07) is 18.6. The maximum Gasteiger partial charge on any atom is 0.325 e. The smallest absolute Gasteiger partial charge is 0.315 e. The van der Waals surface area contributed by atoms with E-state index in [1.54, 1.807) is 0 Å². The van der Waals surface area contributed by atoms with Crippen LogP contribution >= 0.6 is 0 Å².